The Morgan fingerprint density at radius 2 is 2.07 bits per heavy atom. The Balaban J connectivity index is 2.96. The summed E-state index contributed by atoms with van der Waals surface area (Å²) in [6.45, 7) is 4.20. The molecule has 0 atom stereocenters. The molecular formula is C12H17NO2. The zero-order valence-electron chi connectivity index (χ0n) is 9.70. The molecule has 0 radical (unpaired) electrons. The van der Waals surface area contributed by atoms with Gasteiger partial charge in [-0.25, -0.2) is 4.79 Å². The predicted molar refractivity (Wildman–Crippen MR) is 61.5 cm³/mol. The van der Waals surface area contributed by atoms with Gasteiger partial charge in [-0.3, -0.25) is 0 Å². The largest absolute Gasteiger partial charge is 0.462 e. The van der Waals surface area contributed by atoms with E-state index in [9.17, 15) is 4.79 Å². The maximum Gasteiger partial charge on any atom is 0.338 e. The quantitative estimate of drug-likeness (QED) is 0.712. The molecule has 0 saturated carbocycles. The van der Waals surface area contributed by atoms with Gasteiger partial charge in [-0.2, -0.15) is 0 Å². The highest BCUT2D eigenvalue weighted by atomic mass is 16.5. The van der Waals surface area contributed by atoms with E-state index in [2.05, 4.69) is 0 Å². The van der Waals surface area contributed by atoms with Crippen molar-refractivity contribution in [3.8, 4) is 0 Å². The van der Waals surface area contributed by atoms with E-state index in [1.165, 1.54) is 0 Å². The summed E-state index contributed by atoms with van der Waals surface area (Å²) < 4.78 is 4.93. The minimum atomic E-state index is -0.258. The van der Waals surface area contributed by atoms with Gasteiger partial charge in [0.05, 0.1) is 12.2 Å². The molecule has 0 heterocycles. The van der Waals surface area contributed by atoms with Crippen molar-refractivity contribution >= 4 is 11.7 Å². The van der Waals surface area contributed by atoms with Gasteiger partial charge in [-0.05, 0) is 37.6 Å². The van der Waals surface area contributed by atoms with Crippen LogP contribution in [0.15, 0.2) is 18.2 Å². The molecule has 0 fully saturated rings. The number of aryl methyl sites for hydroxylation is 1. The number of ether oxygens (including phenoxy) is 1. The van der Waals surface area contributed by atoms with E-state index in [4.69, 9.17) is 4.74 Å². The summed E-state index contributed by atoms with van der Waals surface area (Å²) in [4.78, 5) is 13.5. The van der Waals surface area contributed by atoms with E-state index in [0.29, 0.717) is 12.2 Å². The lowest BCUT2D eigenvalue weighted by Gasteiger charge is -2.15. The summed E-state index contributed by atoms with van der Waals surface area (Å²) in [6.07, 6.45) is 0. The van der Waals surface area contributed by atoms with Gasteiger partial charge in [0.2, 0.25) is 0 Å². The normalized spacial score (nSPS) is 9.87. The lowest BCUT2D eigenvalue weighted by Crippen LogP contribution is -2.11. The number of hydrogen-bond acceptors (Lipinski definition) is 3. The summed E-state index contributed by atoms with van der Waals surface area (Å²) in [5.41, 5.74) is 2.80. The first-order chi connectivity index (χ1) is 7.06. The molecule has 0 aliphatic rings. The van der Waals surface area contributed by atoms with E-state index in [0.717, 1.165) is 11.3 Å². The van der Waals surface area contributed by atoms with Gasteiger partial charge in [0, 0.05) is 19.8 Å². The second-order valence-corrected chi connectivity index (χ2v) is 3.62. The van der Waals surface area contributed by atoms with Crippen LogP contribution in [0.4, 0.5) is 5.69 Å². The Bertz CT molecular complexity index is 359. The third kappa shape index (κ3) is 2.72. The summed E-state index contributed by atoms with van der Waals surface area (Å²) >= 11 is 0. The van der Waals surface area contributed by atoms with Gasteiger partial charge in [0.15, 0.2) is 0 Å². The number of hydrogen-bond donors (Lipinski definition) is 0. The average molecular weight is 207 g/mol. The van der Waals surface area contributed by atoms with E-state index in [1.54, 1.807) is 13.0 Å². The van der Waals surface area contributed by atoms with Gasteiger partial charge in [-0.1, -0.05) is 0 Å². The highest BCUT2D eigenvalue weighted by molar-refractivity contribution is 5.90. The molecule has 1 aromatic carbocycles. The van der Waals surface area contributed by atoms with E-state index in [-0.39, 0.29) is 5.97 Å². The number of carbonyl (C=O) groups excluding carboxylic acids is 1. The molecule has 1 aromatic rings. The number of nitrogens with zero attached hydrogens (tertiary/aromatic N) is 1. The molecule has 3 nitrogen and oxygen atoms in total. The van der Waals surface area contributed by atoms with Crippen LogP contribution in [0.5, 0.6) is 0 Å². The van der Waals surface area contributed by atoms with Gasteiger partial charge < -0.3 is 9.64 Å². The van der Waals surface area contributed by atoms with E-state index >= 15 is 0 Å². The Morgan fingerprint density at radius 3 is 2.53 bits per heavy atom. The van der Waals surface area contributed by atoms with Crippen LogP contribution in [0, 0.1) is 6.92 Å². The molecule has 82 valence electrons. The molecule has 1 rings (SSSR count). The maximum atomic E-state index is 11.4. The zero-order valence-corrected chi connectivity index (χ0v) is 9.70. The van der Waals surface area contributed by atoms with Crippen molar-refractivity contribution in [1.29, 1.82) is 0 Å². The van der Waals surface area contributed by atoms with Crippen molar-refractivity contribution in [2.24, 2.45) is 0 Å². The SMILES string of the molecule is CCOC(=O)c1ccc(N(C)C)c(C)c1. The summed E-state index contributed by atoms with van der Waals surface area (Å²) in [6, 6.07) is 5.58. The topological polar surface area (TPSA) is 29.5 Å². The molecule has 0 spiro atoms. The summed E-state index contributed by atoms with van der Waals surface area (Å²) in [5.74, 6) is -0.258. The number of benzene rings is 1. The Labute approximate surface area is 90.7 Å². The Hall–Kier alpha value is -1.51. The van der Waals surface area contributed by atoms with Crippen molar-refractivity contribution in [3.63, 3.8) is 0 Å². The van der Waals surface area contributed by atoms with E-state index in [1.807, 2.05) is 38.1 Å². The number of esters is 1. The number of anilines is 1. The maximum absolute atomic E-state index is 11.4. The Morgan fingerprint density at radius 1 is 1.40 bits per heavy atom. The fourth-order valence-corrected chi connectivity index (χ4v) is 1.50. The summed E-state index contributed by atoms with van der Waals surface area (Å²) in [7, 11) is 3.96. The molecule has 0 saturated heterocycles. The molecule has 3 heteroatoms. The first kappa shape index (κ1) is 11.6. The van der Waals surface area contributed by atoms with Gasteiger partial charge in [0.25, 0.3) is 0 Å². The highest BCUT2D eigenvalue weighted by Crippen LogP contribution is 2.19. The van der Waals surface area contributed by atoms with Crippen molar-refractivity contribution in [2.45, 2.75) is 13.8 Å². The molecule has 0 N–H and O–H groups in total. The minimum absolute atomic E-state index is 0.258. The zero-order chi connectivity index (χ0) is 11.4. The van der Waals surface area contributed by atoms with Gasteiger partial charge >= 0.3 is 5.97 Å². The molecule has 0 aliphatic heterocycles. The molecule has 0 aliphatic carbocycles. The number of carbonyl (C=O) groups is 1. The predicted octanol–water partition coefficient (Wildman–Crippen LogP) is 2.24. The fourth-order valence-electron chi connectivity index (χ4n) is 1.50. The van der Waals surface area contributed by atoms with Crippen molar-refractivity contribution in [1.82, 2.24) is 0 Å². The Kier molecular flexibility index (Phi) is 3.72. The van der Waals surface area contributed by atoms with Crippen LogP contribution in [-0.2, 0) is 4.74 Å². The van der Waals surface area contributed by atoms with Crippen LogP contribution in [0.1, 0.15) is 22.8 Å². The second kappa shape index (κ2) is 4.82. The highest BCUT2D eigenvalue weighted by Gasteiger charge is 2.08. The second-order valence-electron chi connectivity index (χ2n) is 3.62. The van der Waals surface area contributed by atoms with Crippen LogP contribution < -0.4 is 4.90 Å². The first-order valence-corrected chi connectivity index (χ1v) is 5.01. The summed E-state index contributed by atoms with van der Waals surface area (Å²) in [5, 5.41) is 0. The molecule has 0 aromatic heterocycles. The van der Waals surface area contributed by atoms with Crippen molar-refractivity contribution < 1.29 is 9.53 Å². The third-order valence-corrected chi connectivity index (χ3v) is 2.19. The van der Waals surface area contributed by atoms with Crippen LogP contribution in [0.25, 0.3) is 0 Å². The van der Waals surface area contributed by atoms with E-state index < -0.39 is 0 Å². The first-order valence-electron chi connectivity index (χ1n) is 5.01. The van der Waals surface area contributed by atoms with Crippen LogP contribution in [0.3, 0.4) is 0 Å². The molecule has 0 unspecified atom stereocenters. The lowest BCUT2D eigenvalue weighted by atomic mass is 10.1. The van der Waals surface area contributed by atoms with Gasteiger partial charge in [0.1, 0.15) is 0 Å². The van der Waals surface area contributed by atoms with Crippen LogP contribution >= 0.6 is 0 Å². The standard InChI is InChI=1S/C12H17NO2/c1-5-15-12(14)10-6-7-11(13(3)4)9(2)8-10/h6-8H,5H2,1-4H3. The lowest BCUT2D eigenvalue weighted by molar-refractivity contribution is 0.0526. The van der Waals surface area contributed by atoms with Crippen LogP contribution in [-0.4, -0.2) is 26.7 Å². The third-order valence-electron chi connectivity index (χ3n) is 2.19. The minimum Gasteiger partial charge on any atom is -0.462 e. The molecular weight excluding hydrogens is 190 g/mol. The molecule has 15 heavy (non-hydrogen) atoms. The average Bonchev–Trinajstić information content (AvgIpc) is 2.17. The van der Waals surface area contributed by atoms with Gasteiger partial charge in [-0.15, -0.1) is 0 Å². The molecule has 0 amide bonds. The monoisotopic (exact) mass is 207 g/mol. The van der Waals surface area contributed by atoms with Crippen molar-refractivity contribution in [2.75, 3.05) is 25.6 Å². The fraction of sp³-hybridized carbons (Fsp3) is 0.417. The number of rotatable bonds is 3. The smallest absolute Gasteiger partial charge is 0.338 e. The molecule has 0 bridgehead atoms. The van der Waals surface area contributed by atoms with Crippen LogP contribution in [0.2, 0.25) is 0 Å². The van der Waals surface area contributed by atoms with Crippen molar-refractivity contribution in [3.05, 3.63) is 29.3 Å².